The Balaban J connectivity index is 2.36. The normalized spacial score (nSPS) is 40.0. The first-order chi connectivity index (χ1) is 7.25. The van der Waals surface area contributed by atoms with Crippen LogP contribution in [0.15, 0.2) is 0 Å². The number of ketones is 1. The molecule has 0 aromatic heterocycles. The van der Waals surface area contributed by atoms with Crippen LogP contribution in [0.2, 0.25) is 0 Å². The van der Waals surface area contributed by atoms with Gasteiger partial charge in [-0.25, -0.2) is 0 Å². The van der Waals surface area contributed by atoms with Gasteiger partial charge in [0.1, 0.15) is 5.78 Å². The van der Waals surface area contributed by atoms with E-state index in [0.717, 1.165) is 6.42 Å². The molecule has 3 N–H and O–H groups in total. The molecule has 6 heteroatoms. The quantitative estimate of drug-likeness (QED) is 0.575. The van der Waals surface area contributed by atoms with Gasteiger partial charge in [-0.2, -0.15) is 5.90 Å². The van der Waals surface area contributed by atoms with E-state index in [-0.39, 0.29) is 17.0 Å². The van der Waals surface area contributed by atoms with Crippen molar-refractivity contribution in [2.75, 3.05) is 5.75 Å². The van der Waals surface area contributed by atoms with Gasteiger partial charge in [0.2, 0.25) is 0 Å². The third-order valence-electron chi connectivity index (χ3n) is 4.74. The van der Waals surface area contributed by atoms with Crippen molar-refractivity contribution in [3.8, 4) is 0 Å². The van der Waals surface area contributed by atoms with E-state index in [1.807, 2.05) is 13.8 Å². The lowest BCUT2D eigenvalue weighted by atomic mass is 9.70. The van der Waals surface area contributed by atoms with Crippen molar-refractivity contribution in [3.05, 3.63) is 0 Å². The highest BCUT2D eigenvalue weighted by atomic mass is 32.3. The van der Waals surface area contributed by atoms with Crippen molar-refractivity contribution in [2.24, 2.45) is 16.7 Å². The average Bonchev–Trinajstić information content (AvgIpc) is 2.51. The maximum absolute atomic E-state index is 12.0. The van der Waals surface area contributed by atoms with Crippen molar-refractivity contribution in [1.82, 2.24) is 0 Å². The minimum absolute atomic E-state index is 0.0781. The fourth-order valence-corrected chi connectivity index (χ4v) is 4.82. The molecule has 2 fully saturated rings. The van der Waals surface area contributed by atoms with Gasteiger partial charge < -0.3 is 0 Å². The highest BCUT2D eigenvalue weighted by molar-refractivity contribution is 7.92. The topological polar surface area (TPSA) is 90.9 Å². The van der Waals surface area contributed by atoms with E-state index >= 15 is 0 Å². The van der Waals surface area contributed by atoms with E-state index in [1.165, 1.54) is 0 Å². The van der Waals surface area contributed by atoms with E-state index < -0.39 is 15.9 Å². The number of fused-ring (bicyclic) bond motifs is 2. The minimum atomic E-state index is -3.68. The third kappa shape index (κ3) is 1.40. The molecule has 2 aliphatic carbocycles. The van der Waals surface area contributed by atoms with E-state index in [4.69, 9.17) is 0 Å². The molecule has 2 aliphatic rings. The summed E-state index contributed by atoms with van der Waals surface area (Å²) in [5.41, 5.74) is -0.982. The summed E-state index contributed by atoms with van der Waals surface area (Å²) in [6.45, 7) is 3.99. The lowest BCUT2D eigenvalue weighted by molar-refractivity contribution is -0.637. The van der Waals surface area contributed by atoms with E-state index in [2.05, 4.69) is 10.2 Å². The molecule has 0 spiro atoms. The Kier molecular flexibility index (Phi) is 2.55. The average molecular weight is 248 g/mol. The lowest BCUT2D eigenvalue weighted by Gasteiger charge is -2.33. The number of Topliss-reactive ketones (excluding diaryl/α,β-unsaturated/α-hetero) is 1. The molecule has 2 bridgehead atoms. The molecule has 2 saturated carbocycles. The Morgan fingerprint density at radius 2 is 2.19 bits per heavy atom. The zero-order valence-electron chi connectivity index (χ0n) is 9.65. The van der Waals surface area contributed by atoms with Crippen LogP contribution in [0, 0.1) is 16.7 Å². The Bertz CT molecular complexity index is 381. The summed E-state index contributed by atoms with van der Waals surface area (Å²) in [4.78, 5) is 12.0. The van der Waals surface area contributed by atoms with Gasteiger partial charge in [-0.05, 0) is 28.4 Å². The second-order valence-electron chi connectivity index (χ2n) is 5.49. The summed E-state index contributed by atoms with van der Waals surface area (Å²) in [6, 6.07) is 0. The van der Waals surface area contributed by atoms with Crippen LogP contribution in [-0.2, 0) is 28.3 Å². The highest BCUT2D eigenvalue weighted by Crippen LogP contribution is 2.64. The van der Waals surface area contributed by atoms with Crippen LogP contribution in [0.5, 0.6) is 0 Å². The minimum Gasteiger partial charge on any atom is -0.299 e. The van der Waals surface area contributed by atoms with Gasteiger partial charge in [0.05, 0.1) is 9.97 Å². The van der Waals surface area contributed by atoms with Crippen LogP contribution in [0.3, 0.4) is 0 Å². The summed E-state index contributed by atoms with van der Waals surface area (Å²) in [5, 5.41) is 0. The number of rotatable bonds is 3. The summed E-state index contributed by atoms with van der Waals surface area (Å²) in [5.74, 6) is 3.13. The van der Waals surface area contributed by atoms with Gasteiger partial charge >= 0.3 is 10.5 Å². The summed E-state index contributed by atoms with van der Waals surface area (Å²) in [7, 11) is -3.68. The van der Waals surface area contributed by atoms with Crippen LogP contribution in [0.1, 0.15) is 33.1 Å². The second-order valence-corrected chi connectivity index (χ2v) is 7.13. The van der Waals surface area contributed by atoms with Crippen LogP contribution in [0.4, 0.5) is 0 Å². The number of quaternary nitrogens is 1. The lowest BCUT2D eigenvalue weighted by Crippen LogP contribution is -2.56. The van der Waals surface area contributed by atoms with Crippen LogP contribution in [0.25, 0.3) is 0 Å². The standard InChI is InChI=1S/C10H18NO4S/c1-9(2)7-3-4-10(9,8(12)5-7)6-16(13,14)15-11/h7H,3-6H2,1-2,11H3/q+2/t7-,10-/m0/s1. The number of carbonyl (C=O) groups is 1. The predicted molar refractivity (Wildman–Crippen MR) is 56.1 cm³/mol. The summed E-state index contributed by atoms with van der Waals surface area (Å²) >= 11 is 0. The molecule has 0 aromatic rings. The molecule has 0 saturated heterocycles. The molecule has 0 aliphatic heterocycles. The van der Waals surface area contributed by atoms with Gasteiger partial charge in [-0.3, -0.25) is 4.79 Å². The molecule has 0 amide bonds. The molecule has 1 radical (unpaired) electrons. The molecule has 0 heterocycles. The smallest absolute Gasteiger partial charge is 0.299 e. The van der Waals surface area contributed by atoms with Crippen molar-refractivity contribution < 1.29 is 23.7 Å². The molecule has 2 rings (SSSR count). The SMILES string of the molecule is CC1(C)[C@H]2CC[C@]1(C[S+]([O])(=O)O[NH3+])C(=O)C2. The van der Waals surface area contributed by atoms with Crippen molar-refractivity contribution >= 4 is 16.3 Å². The zero-order chi connectivity index (χ0) is 12.2. The van der Waals surface area contributed by atoms with Crippen molar-refractivity contribution in [2.45, 2.75) is 33.1 Å². The van der Waals surface area contributed by atoms with Gasteiger partial charge in [-0.15, -0.1) is 0 Å². The second kappa shape index (κ2) is 3.35. The Labute approximate surface area is 96.1 Å². The van der Waals surface area contributed by atoms with Crippen molar-refractivity contribution in [1.29, 1.82) is 0 Å². The molecule has 0 aromatic carbocycles. The van der Waals surface area contributed by atoms with Crippen molar-refractivity contribution in [3.63, 3.8) is 0 Å². The Morgan fingerprint density at radius 3 is 2.56 bits per heavy atom. The van der Waals surface area contributed by atoms with Gasteiger partial charge in [0, 0.05) is 10.7 Å². The van der Waals surface area contributed by atoms with E-state index in [1.54, 1.807) is 0 Å². The Morgan fingerprint density at radius 1 is 1.56 bits per heavy atom. The monoisotopic (exact) mass is 248 g/mol. The fraction of sp³-hybridized carbons (Fsp3) is 0.900. The molecule has 5 nitrogen and oxygen atoms in total. The van der Waals surface area contributed by atoms with Crippen LogP contribution in [-0.4, -0.2) is 11.5 Å². The highest BCUT2D eigenvalue weighted by Gasteiger charge is 2.69. The summed E-state index contributed by atoms with van der Waals surface area (Å²) < 4.78 is 27.3. The first-order valence-corrected chi connectivity index (χ1v) is 7.02. The molecule has 3 atom stereocenters. The van der Waals surface area contributed by atoms with E-state index in [9.17, 15) is 13.6 Å². The first-order valence-electron chi connectivity index (χ1n) is 5.45. The molecule has 16 heavy (non-hydrogen) atoms. The number of hydrogen-bond acceptors (Lipinski definition) is 3. The van der Waals surface area contributed by atoms with E-state index in [0.29, 0.717) is 18.8 Å². The summed E-state index contributed by atoms with van der Waals surface area (Å²) in [6.07, 6.45) is 2.11. The van der Waals surface area contributed by atoms with Crippen LogP contribution < -0.4 is 5.90 Å². The number of carbonyl (C=O) groups excluding carboxylic acids is 1. The predicted octanol–water partition coefficient (Wildman–Crippen LogP) is 0.315. The molecule has 91 valence electrons. The maximum atomic E-state index is 12.0. The van der Waals surface area contributed by atoms with Crippen LogP contribution >= 0.6 is 0 Å². The molecule has 1 unspecified atom stereocenters. The molecular weight excluding hydrogens is 230 g/mol. The largest absolute Gasteiger partial charge is 0.449 e. The molecular formula is C10H18NO4S+2. The maximum Gasteiger partial charge on any atom is 0.449 e. The zero-order valence-corrected chi connectivity index (χ0v) is 10.5. The van der Waals surface area contributed by atoms with Gasteiger partial charge in [0.25, 0.3) is 0 Å². The third-order valence-corrected chi connectivity index (χ3v) is 5.95. The first kappa shape index (κ1) is 12.2. The Hall–Kier alpha value is -0.300. The van der Waals surface area contributed by atoms with Gasteiger partial charge in [0.15, 0.2) is 5.75 Å². The number of hydrogen-bond donors (Lipinski definition) is 1. The fourth-order valence-electron chi connectivity index (χ4n) is 3.45. The van der Waals surface area contributed by atoms with Gasteiger partial charge in [-0.1, -0.05) is 13.8 Å².